The van der Waals surface area contributed by atoms with E-state index >= 15 is 0 Å². The topological polar surface area (TPSA) is 43.7 Å². The number of rotatable bonds is 7. The Morgan fingerprint density at radius 3 is 2.08 bits per heavy atom. The third kappa shape index (κ3) is 7.96. The molecule has 0 spiro atoms. The Hall–Kier alpha value is -0.380. The van der Waals surface area contributed by atoms with Crippen molar-refractivity contribution < 1.29 is 10.2 Å². The summed E-state index contributed by atoms with van der Waals surface area (Å²) in [6.45, 7) is 6.61. The van der Waals surface area contributed by atoms with Crippen LogP contribution in [0.15, 0.2) is 12.2 Å². The molecule has 0 heterocycles. The van der Waals surface area contributed by atoms with Crippen molar-refractivity contribution in [3.63, 3.8) is 0 Å². The fourth-order valence-corrected chi connectivity index (χ4v) is 1.06. The molecule has 0 aliphatic rings. The molecule has 0 aromatic heterocycles. The molecule has 0 amide bonds. The van der Waals surface area contributed by atoms with E-state index in [1.165, 1.54) is 0 Å². The van der Waals surface area contributed by atoms with Crippen LogP contribution >= 0.6 is 0 Å². The normalized spacial score (nSPS) is 12.2. The van der Waals surface area contributed by atoms with Gasteiger partial charge in [-0.1, -0.05) is 26.0 Å². The standard InChI is InChI=1S/C10H21NO2/c1-10(2)4-3-5-11(6-8-12)7-9-13/h3-4,10,12-13H,5-9H2,1-2H3/b4-3+. The van der Waals surface area contributed by atoms with E-state index in [-0.39, 0.29) is 13.2 Å². The second kappa shape index (κ2) is 8.23. The van der Waals surface area contributed by atoms with Crippen LogP contribution in [0.3, 0.4) is 0 Å². The first-order chi connectivity index (χ1) is 6.20. The Bertz CT molecular complexity index is 129. The summed E-state index contributed by atoms with van der Waals surface area (Å²) < 4.78 is 0. The van der Waals surface area contributed by atoms with Gasteiger partial charge in [0, 0.05) is 19.6 Å². The molecular weight excluding hydrogens is 166 g/mol. The fraction of sp³-hybridized carbons (Fsp3) is 0.800. The first kappa shape index (κ1) is 12.6. The maximum atomic E-state index is 8.72. The van der Waals surface area contributed by atoms with Crippen LogP contribution in [-0.2, 0) is 0 Å². The van der Waals surface area contributed by atoms with Gasteiger partial charge in [0.2, 0.25) is 0 Å². The summed E-state index contributed by atoms with van der Waals surface area (Å²) in [5.41, 5.74) is 0. The highest BCUT2D eigenvalue weighted by molar-refractivity contribution is 4.87. The second-order valence-electron chi connectivity index (χ2n) is 3.42. The second-order valence-corrected chi connectivity index (χ2v) is 3.42. The lowest BCUT2D eigenvalue weighted by atomic mass is 10.2. The molecule has 3 heteroatoms. The number of hydrogen-bond donors (Lipinski definition) is 2. The van der Waals surface area contributed by atoms with Crippen molar-refractivity contribution in [1.82, 2.24) is 4.90 Å². The van der Waals surface area contributed by atoms with Crippen LogP contribution in [0.4, 0.5) is 0 Å². The molecule has 0 rings (SSSR count). The van der Waals surface area contributed by atoms with Crippen molar-refractivity contribution in [3.8, 4) is 0 Å². The Morgan fingerprint density at radius 1 is 1.15 bits per heavy atom. The Morgan fingerprint density at radius 2 is 1.69 bits per heavy atom. The van der Waals surface area contributed by atoms with Gasteiger partial charge in [0.25, 0.3) is 0 Å². The van der Waals surface area contributed by atoms with Crippen LogP contribution < -0.4 is 0 Å². The third-order valence-electron chi connectivity index (χ3n) is 1.72. The quantitative estimate of drug-likeness (QED) is 0.570. The molecule has 0 aromatic carbocycles. The average molecular weight is 187 g/mol. The van der Waals surface area contributed by atoms with Gasteiger partial charge in [-0.05, 0) is 5.92 Å². The zero-order valence-electron chi connectivity index (χ0n) is 8.61. The zero-order chi connectivity index (χ0) is 10.1. The van der Waals surface area contributed by atoms with Gasteiger partial charge in [0.15, 0.2) is 0 Å². The molecule has 0 fully saturated rings. The molecule has 0 unspecified atom stereocenters. The van der Waals surface area contributed by atoms with E-state index in [2.05, 4.69) is 26.0 Å². The molecule has 0 atom stereocenters. The van der Waals surface area contributed by atoms with Crippen molar-refractivity contribution in [1.29, 1.82) is 0 Å². The third-order valence-corrected chi connectivity index (χ3v) is 1.72. The Balaban J connectivity index is 3.67. The number of hydrogen-bond acceptors (Lipinski definition) is 3. The molecule has 13 heavy (non-hydrogen) atoms. The van der Waals surface area contributed by atoms with Crippen LogP contribution in [-0.4, -0.2) is 48.0 Å². The minimum atomic E-state index is 0.148. The van der Waals surface area contributed by atoms with Crippen molar-refractivity contribution in [2.45, 2.75) is 13.8 Å². The van der Waals surface area contributed by atoms with Crippen LogP contribution in [0.2, 0.25) is 0 Å². The lowest BCUT2D eigenvalue weighted by Gasteiger charge is -2.17. The maximum absolute atomic E-state index is 8.72. The van der Waals surface area contributed by atoms with Gasteiger partial charge in [-0.2, -0.15) is 0 Å². The van der Waals surface area contributed by atoms with E-state index in [9.17, 15) is 0 Å². The first-order valence-electron chi connectivity index (χ1n) is 4.81. The van der Waals surface area contributed by atoms with Gasteiger partial charge in [0.05, 0.1) is 13.2 Å². The zero-order valence-corrected chi connectivity index (χ0v) is 8.61. The molecule has 0 aliphatic carbocycles. The summed E-state index contributed by atoms with van der Waals surface area (Å²) in [6.07, 6.45) is 4.21. The van der Waals surface area contributed by atoms with E-state index < -0.39 is 0 Å². The first-order valence-corrected chi connectivity index (χ1v) is 4.81. The molecule has 78 valence electrons. The van der Waals surface area contributed by atoms with E-state index in [0.717, 1.165) is 6.54 Å². The van der Waals surface area contributed by atoms with Gasteiger partial charge in [-0.3, -0.25) is 4.90 Å². The fourth-order valence-electron chi connectivity index (χ4n) is 1.06. The molecule has 0 saturated heterocycles. The number of aliphatic hydroxyl groups is 2. The lowest BCUT2D eigenvalue weighted by Crippen LogP contribution is -2.30. The van der Waals surface area contributed by atoms with E-state index in [4.69, 9.17) is 10.2 Å². The highest BCUT2D eigenvalue weighted by Gasteiger charge is 1.99. The molecule has 0 aliphatic heterocycles. The predicted octanol–water partition coefficient (Wildman–Crippen LogP) is 0.485. The summed E-state index contributed by atoms with van der Waals surface area (Å²) in [5.74, 6) is 0.560. The number of aliphatic hydroxyl groups excluding tert-OH is 2. The Labute approximate surface area is 80.7 Å². The summed E-state index contributed by atoms with van der Waals surface area (Å²) in [4.78, 5) is 2.01. The summed E-state index contributed by atoms with van der Waals surface area (Å²) >= 11 is 0. The molecule has 0 aromatic rings. The van der Waals surface area contributed by atoms with Gasteiger partial charge in [-0.25, -0.2) is 0 Å². The highest BCUT2D eigenvalue weighted by Crippen LogP contribution is 1.95. The van der Waals surface area contributed by atoms with E-state index in [1.54, 1.807) is 0 Å². The van der Waals surface area contributed by atoms with Crippen molar-refractivity contribution in [3.05, 3.63) is 12.2 Å². The number of nitrogens with zero attached hydrogens (tertiary/aromatic N) is 1. The predicted molar refractivity (Wildman–Crippen MR) is 54.6 cm³/mol. The van der Waals surface area contributed by atoms with Gasteiger partial charge < -0.3 is 10.2 Å². The Kier molecular flexibility index (Phi) is 7.99. The molecule has 3 nitrogen and oxygen atoms in total. The maximum Gasteiger partial charge on any atom is 0.0558 e. The molecule has 0 radical (unpaired) electrons. The SMILES string of the molecule is CC(C)/C=C/CN(CCO)CCO. The van der Waals surface area contributed by atoms with Crippen LogP contribution in [0.1, 0.15) is 13.8 Å². The van der Waals surface area contributed by atoms with Crippen LogP contribution in [0, 0.1) is 5.92 Å². The van der Waals surface area contributed by atoms with Crippen molar-refractivity contribution >= 4 is 0 Å². The van der Waals surface area contributed by atoms with Crippen molar-refractivity contribution in [2.75, 3.05) is 32.8 Å². The summed E-state index contributed by atoms with van der Waals surface area (Å²) in [7, 11) is 0. The van der Waals surface area contributed by atoms with Gasteiger partial charge in [0.1, 0.15) is 0 Å². The summed E-state index contributed by atoms with van der Waals surface area (Å²) in [5, 5.41) is 17.4. The molecule has 0 bridgehead atoms. The molecular formula is C10H21NO2. The summed E-state index contributed by atoms with van der Waals surface area (Å²) in [6, 6.07) is 0. The van der Waals surface area contributed by atoms with E-state index in [1.807, 2.05) is 4.90 Å². The van der Waals surface area contributed by atoms with Gasteiger partial charge in [-0.15, -0.1) is 0 Å². The average Bonchev–Trinajstić information content (AvgIpc) is 2.04. The highest BCUT2D eigenvalue weighted by atomic mass is 16.3. The van der Waals surface area contributed by atoms with Crippen LogP contribution in [0.5, 0.6) is 0 Å². The molecule has 2 N–H and O–H groups in total. The monoisotopic (exact) mass is 187 g/mol. The van der Waals surface area contributed by atoms with Crippen molar-refractivity contribution in [2.24, 2.45) is 5.92 Å². The molecule has 0 saturated carbocycles. The van der Waals surface area contributed by atoms with E-state index in [0.29, 0.717) is 19.0 Å². The minimum Gasteiger partial charge on any atom is -0.395 e. The van der Waals surface area contributed by atoms with Gasteiger partial charge >= 0.3 is 0 Å². The van der Waals surface area contributed by atoms with Crippen LogP contribution in [0.25, 0.3) is 0 Å². The number of allylic oxidation sites excluding steroid dienone is 1. The smallest absolute Gasteiger partial charge is 0.0558 e. The largest absolute Gasteiger partial charge is 0.395 e. The minimum absolute atomic E-state index is 0.148. The lowest BCUT2D eigenvalue weighted by molar-refractivity contribution is 0.172.